The van der Waals surface area contributed by atoms with Crippen molar-refractivity contribution < 1.29 is 0 Å². The first kappa shape index (κ1) is 8.93. The molecule has 0 atom stereocenters. The third-order valence-corrected chi connectivity index (χ3v) is 0. The fourth-order valence-electron chi connectivity index (χ4n) is 0. The minimum absolute atomic E-state index is 0. The van der Waals surface area contributed by atoms with E-state index in [2.05, 4.69) is 11.6 Å². The van der Waals surface area contributed by atoms with Crippen LogP contribution >= 0.6 is 0 Å². The number of hydrogen-bond acceptors (Lipinski definition) is 0. The van der Waals surface area contributed by atoms with Crippen LogP contribution in [0.15, 0.2) is 0 Å². The molecule has 0 bridgehead atoms. The van der Waals surface area contributed by atoms with Crippen molar-refractivity contribution in [2.24, 2.45) is 0 Å². The van der Waals surface area contributed by atoms with Gasteiger partial charge in [0, 0.05) is 18.9 Å². The van der Waals surface area contributed by atoms with E-state index in [9.17, 15) is 0 Å². The molecule has 0 aromatic heterocycles. The van der Waals surface area contributed by atoms with Crippen LogP contribution in [0.1, 0.15) is 0 Å². The van der Waals surface area contributed by atoms with Gasteiger partial charge in [0.05, 0.1) is 0 Å². The Hall–Kier alpha value is 1.12. The summed E-state index contributed by atoms with van der Waals surface area (Å²) in [7, 11) is 0. The van der Waals surface area contributed by atoms with Crippen LogP contribution in [0.4, 0.5) is 0 Å². The van der Waals surface area contributed by atoms with Gasteiger partial charge in [0.25, 0.3) is 0 Å². The fraction of sp³-hybridized carbons (Fsp3) is 1.00. The van der Waals surface area contributed by atoms with Crippen LogP contribution < -0.4 is 0 Å². The second kappa shape index (κ2) is 8.93. The van der Waals surface area contributed by atoms with Gasteiger partial charge in [-0.25, -0.2) is 0 Å². The van der Waals surface area contributed by atoms with E-state index < -0.39 is 0 Å². The first-order valence-electron chi connectivity index (χ1n) is 0.816. The Morgan fingerprint density at radius 2 is 1.25 bits per heavy atom. The molecular formula is C2H6LiSe. The second-order valence-electron chi connectivity index (χ2n) is 0.408. The van der Waals surface area contributed by atoms with E-state index in [-0.39, 0.29) is 18.9 Å². The summed E-state index contributed by atoms with van der Waals surface area (Å²) in [6.45, 7) is 0. The predicted molar refractivity (Wildman–Crippen MR) is 23.2 cm³/mol. The van der Waals surface area contributed by atoms with Crippen molar-refractivity contribution in [2.75, 3.05) is 0 Å². The van der Waals surface area contributed by atoms with E-state index in [1.807, 2.05) is 0 Å². The molecule has 0 unspecified atom stereocenters. The SMILES string of the molecule is C[Se]C.[Li]. The minimum atomic E-state index is 0. The van der Waals surface area contributed by atoms with Gasteiger partial charge < -0.3 is 0 Å². The van der Waals surface area contributed by atoms with Crippen molar-refractivity contribution in [3.05, 3.63) is 0 Å². The molecule has 0 amide bonds. The van der Waals surface area contributed by atoms with Gasteiger partial charge in [-0.2, -0.15) is 0 Å². The molecule has 0 aliphatic carbocycles. The summed E-state index contributed by atoms with van der Waals surface area (Å²) in [6, 6.07) is 0. The van der Waals surface area contributed by atoms with Crippen LogP contribution in [0.25, 0.3) is 0 Å². The molecule has 2 heteroatoms. The zero-order chi connectivity index (χ0) is 2.71. The van der Waals surface area contributed by atoms with Crippen molar-refractivity contribution in [1.29, 1.82) is 0 Å². The van der Waals surface area contributed by atoms with Crippen LogP contribution in [0.3, 0.4) is 0 Å². The molecule has 0 fully saturated rings. The Morgan fingerprint density at radius 1 is 1.25 bits per heavy atom. The fourth-order valence-corrected chi connectivity index (χ4v) is 0. The van der Waals surface area contributed by atoms with Crippen molar-refractivity contribution in [3.8, 4) is 0 Å². The van der Waals surface area contributed by atoms with Gasteiger partial charge in [-0.15, -0.1) is 0 Å². The Balaban J connectivity index is 0. The Morgan fingerprint density at radius 3 is 1.25 bits per heavy atom. The van der Waals surface area contributed by atoms with E-state index in [1.165, 1.54) is 0 Å². The monoisotopic (exact) mass is 117 g/mol. The summed E-state index contributed by atoms with van der Waals surface area (Å²) in [5.74, 6) is 4.38. The molecule has 0 aromatic carbocycles. The van der Waals surface area contributed by atoms with Gasteiger partial charge in [0.15, 0.2) is 0 Å². The van der Waals surface area contributed by atoms with Crippen LogP contribution in [0, 0.1) is 0 Å². The van der Waals surface area contributed by atoms with Gasteiger partial charge in [0.1, 0.15) is 0 Å². The molecule has 0 heterocycles. The quantitative estimate of drug-likeness (QED) is 0.402. The molecule has 0 spiro atoms. The van der Waals surface area contributed by atoms with Crippen LogP contribution in [0.5, 0.6) is 0 Å². The molecule has 0 N–H and O–H groups in total. The van der Waals surface area contributed by atoms with Crippen molar-refractivity contribution in [1.82, 2.24) is 0 Å². The summed E-state index contributed by atoms with van der Waals surface area (Å²) in [6.07, 6.45) is 0. The molecule has 4 heavy (non-hydrogen) atoms. The Bertz CT molecular complexity index is 6.00. The summed E-state index contributed by atoms with van der Waals surface area (Å²) in [5, 5.41) is 0. The average Bonchev–Trinajstić information content (AvgIpc) is 0.918. The molecule has 0 aromatic rings. The summed E-state index contributed by atoms with van der Waals surface area (Å²) < 4.78 is 0. The second-order valence-corrected chi connectivity index (χ2v) is 2.12. The van der Waals surface area contributed by atoms with Crippen molar-refractivity contribution in [3.63, 3.8) is 0 Å². The first-order valence-corrected chi connectivity index (χ1v) is 4.24. The van der Waals surface area contributed by atoms with E-state index in [0.29, 0.717) is 0 Å². The summed E-state index contributed by atoms with van der Waals surface area (Å²) >= 11 is 0.875. The molecule has 0 aliphatic heterocycles. The summed E-state index contributed by atoms with van der Waals surface area (Å²) in [5.41, 5.74) is 0. The van der Waals surface area contributed by atoms with Crippen molar-refractivity contribution >= 4 is 33.8 Å². The third-order valence-electron chi connectivity index (χ3n) is 0. The molecule has 0 nitrogen and oxygen atoms in total. The van der Waals surface area contributed by atoms with Gasteiger partial charge >= 0.3 is 26.6 Å². The molecule has 0 rings (SSSR count). The zero-order valence-electron chi connectivity index (χ0n) is 3.41. The largest absolute Gasteiger partial charge is 0 e. The zero-order valence-corrected chi connectivity index (χ0v) is 5.12. The van der Waals surface area contributed by atoms with Crippen LogP contribution in [-0.4, -0.2) is 33.8 Å². The topological polar surface area (TPSA) is 0 Å². The smallest absolute Gasteiger partial charge is 0 e. The normalized spacial score (nSPS) is 4.50. The molecule has 0 aliphatic rings. The molecule has 21 valence electrons. The number of rotatable bonds is 0. The van der Waals surface area contributed by atoms with Crippen LogP contribution in [-0.2, 0) is 0 Å². The third kappa shape index (κ3) is 11.2. The van der Waals surface area contributed by atoms with E-state index in [1.54, 1.807) is 0 Å². The maximum atomic E-state index is 2.19. The van der Waals surface area contributed by atoms with Gasteiger partial charge in [-0.05, 0) is 0 Å². The predicted octanol–water partition coefficient (Wildman–Crippen LogP) is 0.406. The summed E-state index contributed by atoms with van der Waals surface area (Å²) in [4.78, 5) is 0. The molecule has 0 saturated heterocycles. The van der Waals surface area contributed by atoms with Crippen LogP contribution in [0.2, 0.25) is 11.6 Å². The van der Waals surface area contributed by atoms with Gasteiger partial charge in [0.2, 0.25) is 0 Å². The number of hydrogen-bond donors (Lipinski definition) is 0. The minimum Gasteiger partial charge on any atom is 0 e. The molecule has 1 radical (unpaired) electrons. The van der Waals surface area contributed by atoms with E-state index >= 15 is 0 Å². The molecular weight excluding hydrogens is 110 g/mol. The van der Waals surface area contributed by atoms with E-state index in [0.717, 1.165) is 15.0 Å². The van der Waals surface area contributed by atoms with E-state index in [4.69, 9.17) is 0 Å². The Labute approximate surface area is 45.7 Å². The van der Waals surface area contributed by atoms with Gasteiger partial charge in [-0.1, -0.05) is 0 Å². The maximum absolute atomic E-state index is 2.19. The Kier molecular flexibility index (Phi) is 19.9. The van der Waals surface area contributed by atoms with Crippen molar-refractivity contribution in [2.45, 2.75) is 11.6 Å². The average molecular weight is 116 g/mol. The van der Waals surface area contributed by atoms with Gasteiger partial charge in [-0.3, -0.25) is 0 Å². The standard InChI is InChI=1S/C2H6Se.Li/c1-3-2;/h1-2H3;. The first-order chi connectivity index (χ1) is 1.41. The maximum Gasteiger partial charge on any atom is 0 e. The molecule has 0 saturated carbocycles.